The molecule has 9 heteroatoms. The Morgan fingerprint density at radius 3 is 2.66 bits per heavy atom. The lowest BCUT2D eigenvalue weighted by molar-refractivity contribution is -0.139. The zero-order valence-electron chi connectivity index (χ0n) is 18.2. The predicted octanol–water partition coefficient (Wildman–Crippen LogP) is 3.11. The molecule has 0 spiro atoms. The van der Waals surface area contributed by atoms with Gasteiger partial charge in [0.15, 0.2) is 12.4 Å². The second kappa shape index (κ2) is 9.17. The van der Waals surface area contributed by atoms with Gasteiger partial charge in [0.05, 0.1) is 11.2 Å². The fourth-order valence-corrected chi connectivity index (χ4v) is 3.86. The Bertz CT molecular complexity index is 1120. The molecular formula is C23H27N5O4. The van der Waals surface area contributed by atoms with E-state index in [4.69, 9.17) is 9.84 Å². The Morgan fingerprint density at radius 1 is 1.16 bits per heavy atom. The first-order valence-corrected chi connectivity index (χ1v) is 10.6. The molecule has 9 nitrogen and oxygen atoms in total. The zero-order chi connectivity index (χ0) is 22.7. The molecule has 1 aromatic carbocycles. The summed E-state index contributed by atoms with van der Waals surface area (Å²) in [6, 6.07) is 11.2. The van der Waals surface area contributed by atoms with Crippen LogP contribution in [0.15, 0.2) is 48.8 Å². The maximum absolute atomic E-state index is 13.2. The number of benzene rings is 1. The molecule has 1 fully saturated rings. The Kier molecular flexibility index (Phi) is 6.16. The number of carbonyl (C=O) groups excluding carboxylic acids is 1. The van der Waals surface area contributed by atoms with Crippen molar-refractivity contribution in [2.24, 2.45) is 0 Å². The number of carboxylic acid groups (broad SMARTS) is 1. The van der Waals surface area contributed by atoms with Crippen LogP contribution in [0.4, 0.5) is 16.3 Å². The topological polar surface area (TPSA) is 99.9 Å². The van der Waals surface area contributed by atoms with E-state index in [0.29, 0.717) is 38.0 Å². The maximum Gasteiger partial charge on any atom is 0.341 e. The molecule has 0 atom stereocenters. The van der Waals surface area contributed by atoms with Gasteiger partial charge in [0, 0.05) is 50.0 Å². The van der Waals surface area contributed by atoms with Gasteiger partial charge in [0.1, 0.15) is 5.75 Å². The summed E-state index contributed by atoms with van der Waals surface area (Å²) in [5.41, 5.74) is 1.76. The number of amides is 1. The molecule has 0 radical (unpaired) electrons. The number of fused-ring (bicyclic) bond motifs is 1. The lowest BCUT2D eigenvalue weighted by atomic mass is 10.2. The molecule has 1 aliphatic rings. The van der Waals surface area contributed by atoms with E-state index in [1.807, 2.05) is 23.1 Å². The third-order valence-corrected chi connectivity index (χ3v) is 5.31. The van der Waals surface area contributed by atoms with E-state index < -0.39 is 12.6 Å². The molecule has 2 aromatic heterocycles. The number of ether oxygens (including phenoxy) is 1. The van der Waals surface area contributed by atoms with Crippen molar-refractivity contribution in [1.29, 1.82) is 0 Å². The van der Waals surface area contributed by atoms with Crippen LogP contribution in [-0.4, -0.2) is 70.4 Å². The van der Waals surface area contributed by atoms with Gasteiger partial charge in [-0.05, 0) is 50.2 Å². The molecule has 168 valence electrons. The number of hydrogen-bond donors (Lipinski definition) is 2. The van der Waals surface area contributed by atoms with Crippen molar-refractivity contribution >= 4 is 34.4 Å². The van der Waals surface area contributed by atoms with Gasteiger partial charge in [0.25, 0.3) is 0 Å². The smallest absolute Gasteiger partial charge is 0.341 e. The number of nitrogens with one attached hydrogen (secondary N) is 1. The van der Waals surface area contributed by atoms with Crippen molar-refractivity contribution in [2.45, 2.75) is 19.9 Å². The number of pyridine rings is 1. The molecule has 3 aromatic rings. The summed E-state index contributed by atoms with van der Waals surface area (Å²) in [6.07, 6.45) is 3.53. The lowest BCUT2D eigenvalue weighted by Crippen LogP contribution is -2.50. The number of nitrogens with zero attached hydrogens (tertiary/aromatic N) is 4. The quantitative estimate of drug-likeness (QED) is 0.611. The van der Waals surface area contributed by atoms with Gasteiger partial charge >= 0.3 is 12.0 Å². The third-order valence-electron chi connectivity index (χ3n) is 5.31. The van der Waals surface area contributed by atoms with E-state index >= 15 is 0 Å². The Labute approximate surface area is 186 Å². The van der Waals surface area contributed by atoms with Crippen molar-refractivity contribution in [3.63, 3.8) is 0 Å². The molecule has 2 N–H and O–H groups in total. The summed E-state index contributed by atoms with van der Waals surface area (Å²) < 4.78 is 6.85. The maximum atomic E-state index is 13.2. The highest BCUT2D eigenvalue weighted by Gasteiger charge is 2.25. The summed E-state index contributed by atoms with van der Waals surface area (Å²) in [5.74, 6) is 0.336. The third kappa shape index (κ3) is 4.61. The Balaban J connectivity index is 1.44. The zero-order valence-corrected chi connectivity index (χ0v) is 18.2. The van der Waals surface area contributed by atoms with E-state index in [1.165, 1.54) is 0 Å². The van der Waals surface area contributed by atoms with Gasteiger partial charge in [-0.2, -0.15) is 0 Å². The molecule has 1 saturated heterocycles. The number of rotatable bonds is 6. The molecule has 0 unspecified atom stereocenters. The standard InChI is InChI=1S/C23H27N5O4/c1-16(2)25-19-4-3-8-24-22(19)26-10-12-27(13-11-26)23(31)28-9-7-17-14-18(5-6-20(17)28)32-15-21(29)30/h3-9,14,16,25H,10-13,15H2,1-2H3,(H,29,30). The highest BCUT2D eigenvalue weighted by atomic mass is 16.5. The van der Waals surface area contributed by atoms with Crippen LogP contribution in [-0.2, 0) is 4.79 Å². The van der Waals surface area contributed by atoms with Gasteiger partial charge in [-0.25, -0.2) is 14.6 Å². The minimum absolute atomic E-state index is 0.0830. The van der Waals surface area contributed by atoms with Crippen LogP contribution in [0.3, 0.4) is 0 Å². The monoisotopic (exact) mass is 437 g/mol. The molecule has 0 aliphatic carbocycles. The van der Waals surface area contributed by atoms with Crippen LogP contribution in [0, 0.1) is 0 Å². The predicted molar refractivity (Wildman–Crippen MR) is 123 cm³/mol. The van der Waals surface area contributed by atoms with Gasteiger partial charge in [0.2, 0.25) is 0 Å². The van der Waals surface area contributed by atoms with E-state index in [1.54, 1.807) is 35.2 Å². The molecule has 32 heavy (non-hydrogen) atoms. The summed E-state index contributed by atoms with van der Waals surface area (Å²) >= 11 is 0. The fraction of sp³-hybridized carbons (Fsp3) is 0.348. The minimum atomic E-state index is -1.03. The molecule has 3 heterocycles. The van der Waals surface area contributed by atoms with Crippen LogP contribution in [0.2, 0.25) is 0 Å². The Hall–Kier alpha value is -3.75. The van der Waals surface area contributed by atoms with Gasteiger partial charge in [-0.15, -0.1) is 0 Å². The van der Waals surface area contributed by atoms with Crippen molar-refractivity contribution in [3.05, 3.63) is 48.8 Å². The number of carboxylic acids is 1. The molecule has 1 aliphatic heterocycles. The lowest BCUT2D eigenvalue weighted by Gasteiger charge is -2.36. The number of hydrogen-bond acceptors (Lipinski definition) is 6. The second-order valence-electron chi connectivity index (χ2n) is 8.02. The average Bonchev–Trinajstić information content (AvgIpc) is 3.20. The summed E-state index contributed by atoms with van der Waals surface area (Å²) in [6.45, 7) is 6.36. The first-order valence-electron chi connectivity index (χ1n) is 10.6. The van der Waals surface area contributed by atoms with Crippen LogP contribution >= 0.6 is 0 Å². The fourth-order valence-electron chi connectivity index (χ4n) is 3.86. The molecular weight excluding hydrogens is 410 g/mol. The van der Waals surface area contributed by atoms with Crippen LogP contribution in [0.5, 0.6) is 5.75 Å². The van der Waals surface area contributed by atoms with Crippen molar-refractivity contribution in [3.8, 4) is 5.75 Å². The van der Waals surface area contributed by atoms with Gasteiger partial charge in [-0.3, -0.25) is 4.57 Å². The van der Waals surface area contributed by atoms with Gasteiger partial charge < -0.3 is 25.0 Å². The Morgan fingerprint density at radius 2 is 1.94 bits per heavy atom. The highest BCUT2D eigenvalue weighted by molar-refractivity contribution is 5.92. The highest BCUT2D eigenvalue weighted by Crippen LogP contribution is 2.26. The molecule has 4 rings (SSSR count). The SMILES string of the molecule is CC(C)Nc1cccnc1N1CCN(C(=O)n2ccc3cc(OCC(=O)O)ccc32)CC1. The van der Waals surface area contributed by atoms with Crippen molar-refractivity contribution in [1.82, 2.24) is 14.5 Å². The van der Waals surface area contributed by atoms with E-state index in [2.05, 4.69) is 29.0 Å². The largest absolute Gasteiger partial charge is 0.482 e. The second-order valence-corrected chi connectivity index (χ2v) is 8.02. The number of anilines is 2. The van der Waals surface area contributed by atoms with E-state index in [9.17, 15) is 9.59 Å². The molecule has 1 amide bonds. The molecule has 0 bridgehead atoms. The molecule has 0 saturated carbocycles. The summed E-state index contributed by atoms with van der Waals surface area (Å²) in [4.78, 5) is 32.5. The van der Waals surface area contributed by atoms with Crippen LogP contribution in [0.25, 0.3) is 10.9 Å². The average molecular weight is 438 g/mol. The first-order chi connectivity index (χ1) is 15.4. The van der Waals surface area contributed by atoms with Crippen LogP contribution < -0.4 is 15.0 Å². The minimum Gasteiger partial charge on any atom is -0.482 e. The summed E-state index contributed by atoms with van der Waals surface area (Å²) in [5, 5.41) is 13.0. The van der Waals surface area contributed by atoms with Crippen molar-refractivity contribution in [2.75, 3.05) is 43.0 Å². The van der Waals surface area contributed by atoms with E-state index in [-0.39, 0.29) is 6.03 Å². The number of aromatic nitrogens is 2. The first kappa shape index (κ1) is 21.5. The van der Waals surface area contributed by atoms with E-state index in [0.717, 1.165) is 22.4 Å². The number of carbonyl (C=O) groups is 2. The van der Waals surface area contributed by atoms with Crippen LogP contribution in [0.1, 0.15) is 13.8 Å². The van der Waals surface area contributed by atoms with Crippen molar-refractivity contribution < 1.29 is 19.4 Å². The number of piperazine rings is 1. The normalized spacial score (nSPS) is 14.1. The number of aliphatic carboxylic acids is 1. The summed E-state index contributed by atoms with van der Waals surface area (Å²) in [7, 11) is 0. The van der Waals surface area contributed by atoms with Gasteiger partial charge in [-0.1, -0.05) is 0 Å².